The number of carboxylic acids is 1. The van der Waals surface area contributed by atoms with Crippen LogP contribution in [0.4, 0.5) is 0 Å². The largest absolute Gasteiger partial charge is 0.481 e. The zero-order valence-corrected chi connectivity index (χ0v) is 10.7. The number of hydrogen-bond acceptors (Lipinski definition) is 2. The molecule has 0 aromatic heterocycles. The molecule has 2 N–H and O–H groups in total. The Morgan fingerprint density at radius 3 is 2.67 bits per heavy atom. The molecule has 3 nitrogen and oxygen atoms in total. The summed E-state index contributed by atoms with van der Waals surface area (Å²) in [6, 6.07) is 8.07. The average molecular weight is 248 g/mol. The number of rotatable bonds is 4. The van der Waals surface area contributed by atoms with E-state index in [9.17, 15) is 9.90 Å². The van der Waals surface area contributed by atoms with Crippen molar-refractivity contribution in [2.75, 3.05) is 6.61 Å². The van der Waals surface area contributed by atoms with Crippen molar-refractivity contribution in [3.63, 3.8) is 0 Å². The molecule has 0 saturated carbocycles. The smallest absolute Gasteiger partial charge is 0.309 e. The molecule has 0 spiro atoms. The second-order valence-electron chi connectivity index (χ2n) is 5.52. The van der Waals surface area contributed by atoms with Gasteiger partial charge in [-0.05, 0) is 42.7 Å². The summed E-state index contributed by atoms with van der Waals surface area (Å²) >= 11 is 0. The fraction of sp³-hybridized carbons (Fsp3) is 0.533. The molecule has 0 aliphatic heterocycles. The van der Waals surface area contributed by atoms with Crippen molar-refractivity contribution in [2.45, 2.75) is 32.6 Å². The van der Waals surface area contributed by atoms with Gasteiger partial charge in [-0.1, -0.05) is 31.2 Å². The third-order valence-electron chi connectivity index (χ3n) is 4.02. The molecular weight excluding hydrogens is 228 g/mol. The minimum atomic E-state index is -0.725. The van der Waals surface area contributed by atoms with Crippen LogP contribution in [0.5, 0.6) is 0 Å². The van der Waals surface area contributed by atoms with Crippen molar-refractivity contribution >= 4 is 5.97 Å². The average Bonchev–Trinajstić information content (AvgIpc) is 2.38. The van der Waals surface area contributed by atoms with E-state index in [1.807, 2.05) is 25.1 Å². The van der Waals surface area contributed by atoms with Crippen LogP contribution in [-0.2, 0) is 17.6 Å². The van der Waals surface area contributed by atoms with E-state index in [1.165, 1.54) is 5.56 Å². The van der Waals surface area contributed by atoms with E-state index in [1.54, 1.807) is 0 Å². The summed E-state index contributed by atoms with van der Waals surface area (Å²) in [7, 11) is 0. The van der Waals surface area contributed by atoms with Gasteiger partial charge in [0.25, 0.3) is 0 Å². The summed E-state index contributed by atoms with van der Waals surface area (Å²) in [6.45, 7) is 1.96. The number of carboxylic acid groups (broad SMARTS) is 1. The van der Waals surface area contributed by atoms with Gasteiger partial charge in [0.15, 0.2) is 0 Å². The first-order valence-electron chi connectivity index (χ1n) is 6.48. The summed E-state index contributed by atoms with van der Waals surface area (Å²) in [5, 5.41) is 18.7. The molecule has 2 rings (SSSR count). The molecule has 98 valence electrons. The third-order valence-corrected chi connectivity index (χ3v) is 4.02. The minimum Gasteiger partial charge on any atom is -0.481 e. The third kappa shape index (κ3) is 2.41. The fourth-order valence-electron chi connectivity index (χ4n) is 2.98. The number of aliphatic hydroxyl groups is 1. The van der Waals surface area contributed by atoms with Gasteiger partial charge in [0.05, 0.1) is 5.41 Å². The Labute approximate surface area is 107 Å². The molecule has 0 amide bonds. The second-order valence-corrected chi connectivity index (χ2v) is 5.52. The van der Waals surface area contributed by atoms with Crippen molar-refractivity contribution in [3.05, 3.63) is 35.4 Å². The van der Waals surface area contributed by atoms with Gasteiger partial charge < -0.3 is 10.2 Å². The molecule has 0 saturated heterocycles. The van der Waals surface area contributed by atoms with Gasteiger partial charge in [0.2, 0.25) is 0 Å². The van der Waals surface area contributed by atoms with Crippen LogP contribution in [0.25, 0.3) is 0 Å². The Bertz CT molecular complexity index is 441. The van der Waals surface area contributed by atoms with Gasteiger partial charge >= 0.3 is 5.97 Å². The Morgan fingerprint density at radius 1 is 1.39 bits per heavy atom. The van der Waals surface area contributed by atoms with Crippen LogP contribution in [0.15, 0.2) is 24.3 Å². The van der Waals surface area contributed by atoms with Crippen molar-refractivity contribution in [1.29, 1.82) is 0 Å². The molecule has 1 aromatic rings. The van der Waals surface area contributed by atoms with Crippen LogP contribution in [0, 0.1) is 11.3 Å². The predicted octanol–water partition coefficient (Wildman–Crippen LogP) is 2.26. The van der Waals surface area contributed by atoms with Crippen LogP contribution in [0.1, 0.15) is 30.9 Å². The number of carbonyl (C=O) groups is 1. The standard InChI is InChI=1S/C15H20O3/c1-11(10-16)8-15(14(17)18)7-6-12-4-2-3-5-13(12)9-15/h2-5,11,16H,6-10H2,1H3,(H,17,18). The van der Waals surface area contributed by atoms with Crippen molar-refractivity contribution in [3.8, 4) is 0 Å². The first-order chi connectivity index (χ1) is 8.57. The van der Waals surface area contributed by atoms with Crippen molar-refractivity contribution < 1.29 is 15.0 Å². The fourth-order valence-corrected chi connectivity index (χ4v) is 2.98. The van der Waals surface area contributed by atoms with Crippen LogP contribution < -0.4 is 0 Å². The van der Waals surface area contributed by atoms with Gasteiger partial charge in [-0.15, -0.1) is 0 Å². The highest BCUT2D eigenvalue weighted by atomic mass is 16.4. The van der Waals surface area contributed by atoms with E-state index < -0.39 is 11.4 Å². The normalized spacial score (nSPS) is 24.3. The van der Waals surface area contributed by atoms with Crippen LogP contribution in [0.2, 0.25) is 0 Å². The number of fused-ring (bicyclic) bond motifs is 1. The minimum absolute atomic E-state index is 0.0337. The predicted molar refractivity (Wildman–Crippen MR) is 69.4 cm³/mol. The molecule has 0 heterocycles. The molecule has 1 aliphatic carbocycles. The molecule has 0 radical (unpaired) electrons. The van der Waals surface area contributed by atoms with Crippen LogP contribution in [0.3, 0.4) is 0 Å². The van der Waals surface area contributed by atoms with Crippen LogP contribution >= 0.6 is 0 Å². The lowest BCUT2D eigenvalue weighted by molar-refractivity contribution is -0.151. The van der Waals surface area contributed by atoms with E-state index in [0.717, 1.165) is 12.0 Å². The van der Waals surface area contributed by atoms with E-state index in [-0.39, 0.29) is 12.5 Å². The topological polar surface area (TPSA) is 57.5 Å². The van der Waals surface area contributed by atoms with Gasteiger partial charge in [0.1, 0.15) is 0 Å². The van der Waals surface area contributed by atoms with E-state index in [4.69, 9.17) is 5.11 Å². The quantitative estimate of drug-likeness (QED) is 0.859. The molecule has 1 aromatic carbocycles. The summed E-state index contributed by atoms with van der Waals surface area (Å²) < 4.78 is 0. The van der Waals surface area contributed by atoms with Crippen molar-refractivity contribution in [1.82, 2.24) is 0 Å². The van der Waals surface area contributed by atoms with E-state index in [2.05, 4.69) is 6.07 Å². The first-order valence-corrected chi connectivity index (χ1v) is 6.48. The lowest BCUT2D eigenvalue weighted by atomic mass is 9.67. The Hall–Kier alpha value is -1.35. The molecule has 3 heteroatoms. The van der Waals surface area contributed by atoms with Crippen LogP contribution in [-0.4, -0.2) is 22.8 Å². The summed E-state index contributed by atoms with van der Waals surface area (Å²) in [5.74, 6) is -0.691. The Kier molecular flexibility index (Phi) is 3.71. The van der Waals surface area contributed by atoms with Gasteiger partial charge in [-0.3, -0.25) is 4.79 Å². The molecular formula is C15H20O3. The van der Waals surface area contributed by atoms with Gasteiger partial charge in [-0.2, -0.15) is 0 Å². The van der Waals surface area contributed by atoms with E-state index in [0.29, 0.717) is 19.3 Å². The maximum atomic E-state index is 11.7. The van der Waals surface area contributed by atoms with Gasteiger partial charge in [-0.25, -0.2) is 0 Å². The lowest BCUT2D eigenvalue weighted by Crippen LogP contribution is -2.39. The number of hydrogen-bond donors (Lipinski definition) is 2. The molecule has 2 unspecified atom stereocenters. The zero-order valence-electron chi connectivity index (χ0n) is 10.7. The number of benzene rings is 1. The highest BCUT2D eigenvalue weighted by Gasteiger charge is 2.42. The first kappa shape index (κ1) is 13.1. The molecule has 1 aliphatic rings. The highest BCUT2D eigenvalue weighted by molar-refractivity contribution is 5.75. The lowest BCUT2D eigenvalue weighted by Gasteiger charge is -2.36. The summed E-state index contributed by atoms with van der Waals surface area (Å²) in [6.07, 6.45) is 2.63. The van der Waals surface area contributed by atoms with Gasteiger partial charge in [0, 0.05) is 6.61 Å². The van der Waals surface area contributed by atoms with Crippen molar-refractivity contribution in [2.24, 2.45) is 11.3 Å². The highest BCUT2D eigenvalue weighted by Crippen LogP contribution is 2.40. The maximum Gasteiger partial charge on any atom is 0.309 e. The second kappa shape index (κ2) is 5.11. The number of aliphatic carboxylic acids is 1. The zero-order chi connectivity index (χ0) is 13.2. The molecule has 18 heavy (non-hydrogen) atoms. The SMILES string of the molecule is CC(CO)CC1(C(=O)O)CCc2ccccc2C1. The number of aliphatic hydroxyl groups excluding tert-OH is 1. The van der Waals surface area contributed by atoms with E-state index >= 15 is 0 Å². The monoisotopic (exact) mass is 248 g/mol. The summed E-state index contributed by atoms with van der Waals surface area (Å²) in [5.41, 5.74) is 1.72. The number of aryl methyl sites for hydroxylation is 1. The summed E-state index contributed by atoms with van der Waals surface area (Å²) in [4.78, 5) is 11.7. The Balaban J connectivity index is 2.27. The molecule has 2 atom stereocenters. The molecule has 0 bridgehead atoms. The maximum absolute atomic E-state index is 11.7. The Morgan fingerprint density at radius 2 is 2.06 bits per heavy atom. The molecule has 0 fully saturated rings.